The van der Waals surface area contributed by atoms with Gasteiger partial charge >= 0.3 is 0 Å². The molecule has 0 aliphatic carbocycles. The number of fused-ring (bicyclic) bond motifs is 2. The largest absolute Gasteiger partial charge is 0.448 e. The Labute approximate surface area is 146 Å². The fraction of sp³-hybridized carbons (Fsp3) is 0.474. The molecule has 2 fully saturated rings. The standard InChI is InChI=1S/C19H18N4O2/c1-12(14-7-5-4-6-8-14)15-18(9-20,10-21)19(11-22)13(2)17(3,24-15)25-16(19)23/h4-8,12-13,15,23H,1-3H3. The number of hydrogen-bond acceptors (Lipinski definition) is 6. The zero-order valence-electron chi connectivity index (χ0n) is 14.3. The Morgan fingerprint density at radius 1 is 1.12 bits per heavy atom. The van der Waals surface area contributed by atoms with Crippen molar-refractivity contribution in [3.8, 4) is 18.2 Å². The molecule has 1 N–H and O–H groups in total. The van der Waals surface area contributed by atoms with Gasteiger partial charge in [-0.3, -0.25) is 5.41 Å². The lowest BCUT2D eigenvalue weighted by Gasteiger charge is -2.49. The summed E-state index contributed by atoms with van der Waals surface area (Å²) in [6.45, 7) is 5.21. The van der Waals surface area contributed by atoms with Crippen LogP contribution in [0.1, 0.15) is 32.3 Å². The van der Waals surface area contributed by atoms with Crippen LogP contribution < -0.4 is 0 Å². The summed E-state index contributed by atoms with van der Waals surface area (Å²) >= 11 is 0. The van der Waals surface area contributed by atoms with Crippen LogP contribution in [0.3, 0.4) is 0 Å². The number of nitrogens with zero attached hydrogens (tertiary/aromatic N) is 3. The van der Waals surface area contributed by atoms with Crippen molar-refractivity contribution in [1.29, 1.82) is 21.2 Å². The molecular formula is C19H18N4O2. The predicted molar refractivity (Wildman–Crippen MR) is 87.8 cm³/mol. The molecular weight excluding hydrogens is 316 g/mol. The van der Waals surface area contributed by atoms with E-state index >= 15 is 0 Å². The first-order valence-electron chi connectivity index (χ1n) is 8.07. The van der Waals surface area contributed by atoms with Gasteiger partial charge in [0.25, 0.3) is 0 Å². The highest BCUT2D eigenvalue weighted by Crippen LogP contribution is 2.64. The van der Waals surface area contributed by atoms with Gasteiger partial charge in [-0.15, -0.1) is 0 Å². The maximum atomic E-state index is 9.99. The molecule has 0 spiro atoms. The van der Waals surface area contributed by atoms with Gasteiger partial charge in [0, 0.05) is 12.8 Å². The van der Waals surface area contributed by atoms with Gasteiger partial charge in [-0.25, -0.2) is 0 Å². The summed E-state index contributed by atoms with van der Waals surface area (Å²) in [5.41, 5.74) is -2.62. The van der Waals surface area contributed by atoms with E-state index in [1.54, 1.807) is 13.8 Å². The Kier molecular flexibility index (Phi) is 3.60. The molecule has 2 aliphatic heterocycles. The fourth-order valence-corrected chi connectivity index (χ4v) is 4.15. The number of rotatable bonds is 2. The molecule has 1 aromatic carbocycles. The van der Waals surface area contributed by atoms with E-state index in [-0.39, 0.29) is 11.8 Å². The predicted octanol–water partition coefficient (Wildman–Crippen LogP) is 3.09. The summed E-state index contributed by atoms with van der Waals surface area (Å²) in [4.78, 5) is 0. The van der Waals surface area contributed by atoms with E-state index in [2.05, 4.69) is 6.07 Å². The Bertz CT molecular complexity index is 833. The summed E-state index contributed by atoms with van der Waals surface area (Å²) in [5.74, 6) is -2.56. The van der Waals surface area contributed by atoms with E-state index < -0.39 is 28.6 Å². The van der Waals surface area contributed by atoms with Crippen LogP contribution in [-0.4, -0.2) is 17.8 Å². The molecule has 5 unspecified atom stereocenters. The first kappa shape index (κ1) is 17.0. The second-order valence-corrected chi connectivity index (χ2v) is 6.86. The van der Waals surface area contributed by atoms with Gasteiger partial charge < -0.3 is 9.47 Å². The average molecular weight is 334 g/mol. The number of hydrogen-bond donors (Lipinski definition) is 1. The second-order valence-electron chi connectivity index (χ2n) is 6.86. The normalized spacial score (nSPS) is 36.4. The smallest absolute Gasteiger partial charge is 0.214 e. The third kappa shape index (κ3) is 1.82. The topological polar surface area (TPSA) is 114 Å². The molecule has 2 bridgehead atoms. The molecule has 3 rings (SSSR count). The molecule has 0 amide bonds. The molecule has 2 heterocycles. The lowest BCUT2D eigenvalue weighted by Crippen LogP contribution is -2.62. The van der Waals surface area contributed by atoms with Crippen molar-refractivity contribution in [2.45, 2.75) is 38.6 Å². The Balaban J connectivity index is 2.25. The molecule has 6 heteroatoms. The van der Waals surface area contributed by atoms with Crippen molar-refractivity contribution in [3.05, 3.63) is 35.9 Å². The molecule has 1 aromatic rings. The Morgan fingerprint density at radius 2 is 1.72 bits per heavy atom. The first-order chi connectivity index (χ1) is 11.8. The third-order valence-corrected chi connectivity index (χ3v) is 5.82. The van der Waals surface area contributed by atoms with Crippen molar-refractivity contribution < 1.29 is 9.47 Å². The zero-order chi connectivity index (χ0) is 18.5. The van der Waals surface area contributed by atoms with E-state index in [0.717, 1.165) is 5.56 Å². The van der Waals surface area contributed by atoms with Crippen LogP contribution >= 0.6 is 0 Å². The Hall–Kier alpha value is -2.88. The second kappa shape index (κ2) is 5.31. The summed E-state index contributed by atoms with van der Waals surface area (Å²) in [6, 6.07) is 15.6. The molecule has 0 radical (unpaired) electrons. The minimum Gasteiger partial charge on any atom is -0.448 e. The van der Waals surface area contributed by atoms with Gasteiger partial charge in [-0.2, -0.15) is 15.8 Å². The fourth-order valence-electron chi connectivity index (χ4n) is 4.15. The van der Waals surface area contributed by atoms with Crippen LogP contribution in [0.25, 0.3) is 0 Å². The third-order valence-electron chi connectivity index (χ3n) is 5.82. The SMILES string of the molecule is CC(c1ccccc1)C1OC2(C)OC(=N)C(C#N)(C2C)C1(C#N)C#N. The molecule has 25 heavy (non-hydrogen) atoms. The van der Waals surface area contributed by atoms with Crippen LogP contribution in [0.2, 0.25) is 0 Å². The van der Waals surface area contributed by atoms with Crippen LogP contribution in [0, 0.1) is 56.2 Å². The Morgan fingerprint density at radius 3 is 2.24 bits per heavy atom. The summed E-state index contributed by atoms with van der Waals surface area (Å²) in [5, 5.41) is 38.2. The van der Waals surface area contributed by atoms with E-state index in [1.165, 1.54) is 0 Å². The molecule has 0 aromatic heterocycles. The van der Waals surface area contributed by atoms with Crippen molar-refractivity contribution in [1.82, 2.24) is 0 Å². The van der Waals surface area contributed by atoms with Crippen molar-refractivity contribution in [3.63, 3.8) is 0 Å². The molecule has 126 valence electrons. The van der Waals surface area contributed by atoms with Crippen molar-refractivity contribution >= 4 is 5.90 Å². The number of ether oxygens (including phenoxy) is 2. The lowest BCUT2D eigenvalue weighted by atomic mass is 9.53. The van der Waals surface area contributed by atoms with Crippen molar-refractivity contribution in [2.24, 2.45) is 16.7 Å². The number of benzene rings is 1. The van der Waals surface area contributed by atoms with Crippen LogP contribution in [0.15, 0.2) is 30.3 Å². The monoisotopic (exact) mass is 334 g/mol. The van der Waals surface area contributed by atoms with E-state index in [1.807, 2.05) is 49.4 Å². The zero-order valence-corrected chi connectivity index (χ0v) is 14.3. The van der Waals surface area contributed by atoms with E-state index in [9.17, 15) is 15.8 Å². The van der Waals surface area contributed by atoms with Gasteiger partial charge in [-0.1, -0.05) is 44.2 Å². The number of nitriles is 3. The van der Waals surface area contributed by atoms with Crippen molar-refractivity contribution in [2.75, 3.05) is 0 Å². The molecule has 2 aliphatic rings. The highest BCUT2D eigenvalue weighted by atomic mass is 16.7. The van der Waals surface area contributed by atoms with Gasteiger partial charge in [0.05, 0.1) is 24.1 Å². The summed E-state index contributed by atoms with van der Waals surface area (Å²) in [6.07, 6.45) is -0.909. The summed E-state index contributed by atoms with van der Waals surface area (Å²) < 4.78 is 11.7. The van der Waals surface area contributed by atoms with Gasteiger partial charge in [0.1, 0.15) is 6.10 Å². The average Bonchev–Trinajstić information content (AvgIpc) is 2.77. The van der Waals surface area contributed by atoms with Gasteiger partial charge in [0.2, 0.25) is 11.7 Å². The maximum Gasteiger partial charge on any atom is 0.214 e. The van der Waals surface area contributed by atoms with Gasteiger partial charge in [-0.05, 0) is 5.56 Å². The highest BCUT2D eigenvalue weighted by Gasteiger charge is 2.78. The molecule has 0 saturated carbocycles. The minimum absolute atomic E-state index is 0.338. The lowest BCUT2D eigenvalue weighted by molar-refractivity contribution is -0.270. The first-order valence-corrected chi connectivity index (χ1v) is 8.07. The summed E-state index contributed by atoms with van der Waals surface area (Å²) in [7, 11) is 0. The minimum atomic E-state index is -1.84. The molecule has 2 saturated heterocycles. The molecule has 6 nitrogen and oxygen atoms in total. The van der Waals surface area contributed by atoms with Gasteiger partial charge in [0.15, 0.2) is 10.8 Å². The quantitative estimate of drug-likeness (QED) is 0.892. The van der Waals surface area contributed by atoms with Crippen LogP contribution in [-0.2, 0) is 9.47 Å². The van der Waals surface area contributed by atoms with E-state index in [4.69, 9.17) is 14.9 Å². The van der Waals surface area contributed by atoms with Crippen LogP contribution in [0.4, 0.5) is 0 Å². The van der Waals surface area contributed by atoms with E-state index in [0.29, 0.717) is 0 Å². The highest BCUT2D eigenvalue weighted by molar-refractivity contribution is 5.89. The number of nitrogens with one attached hydrogen (secondary N) is 1. The van der Waals surface area contributed by atoms with Crippen LogP contribution in [0.5, 0.6) is 0 Å². The maximum absolute atomic E-state index is 9.99. The molecule has 5 atom stereocenters.